The summed E-state index contributed by atoms with van der Waals surface area (Å²) in [6.45, 7) is 0. The number of aliphatic imine (C=N–C) groups is 1. The van der Waals surface area contributed by atoms with Crippen LogP contribution in [-0.2, 0) is 0 Å². The van der Waals surface area contributed by atoms with Crippen molar-refractivity contribution >= 4 is 40.3 Å². The number of hydrogen-bond donors (Lipinski definition) is 2. The Hall–Kier alpha value is -1.81. The smallest absolute Gasteiger partial charge is 0.120 e. The van der Waals surface area contributed by atoms with Crippen LogP contribution in [0.1, 0.15) is 17.5 Å². The first-order valence-electron chi connectivity index (χ1n) is 6.48. The van der Waals surface area contributed by atoms with Gasteiger partial charge >= 0.3 is 0 Å². The van der Waals surface area contributed by atoms with Crippen molar-refractivity contribution in [1.29, 1.82) is 0 Å². The van der Waals surface area contributed by atoms with Gasteiger partial charge in [-0.05, 0) is 29.8 Å². The number of hydrogen-bond acceptors (Lipinski definition) is 3. The number of amidine groups is 1. The first kappa shape index (κ1) is 14.1. The van der Waals surface area contributed by atoms with Crippen LogP contribution in [0.25, 0.3) is 5.57 Å². The average molecular weight is 318 g/mol. The quantitative estimate of drug-likeness (QED) is 0.607. The average Bonchev–Trinajstić information content (AvgIpc) is 2.67. The minimum atomic E-state index is 0.601. The van der Waals surface area contributed by atoms with Crippen LogP contribution in [0.15, 0.2) is 53.5 Å². The lowest BCUT2D eigenvalue weighted by molar-refractivity contribution is 0.998. The van der Waals surface area contributed by atoms with E-state index in [-0.39, 0.29) is 0 Å². The van der Waals surface area contributed by atoms with E-state index in [1.54, 1.807) is 0 Å². The van der Waals surface area contributed by atoms with Crippen LogP contribution in [0.4, 0.5) is 5.69 Å². The highest BCUT2D eigenvalue weighted by molar-refractivity contribution is 6.33. The highest BCUT2D eigenvalue weighted by atomic mass is 35.5. The van der Waals surface area contributed by atoms with Gasteiger partial charge in [-0.25, -0.2) is 10.8 Å². The maximum absolute atomic E-state index is 6.34. The van der Waals surface area contributed by atoms with Gasteiger partial charge in [-0.15, -0.1) is 0 Å². The number of rotatable bonds is 1. The van der Waals surface area contributed by atoms with Crippen LogP contribution in [0, 0.1) is 0 Å². The Morgan fingerprint density at radius 2 is 1.86 bits per heavy atom. The molecule has 0 aromatic heterocycles. The lowest BCUT2D eigenvalue weighted by atomic mass is 9.96. The molecule has 0 saturated carbocycles. The Morgan fingerprint density at radius 3 is 2.62 bits per heavy atom. The summed E-state index contributed by atoms with van der Waals surface area (Å²) in [6.07, 6.45) is 2.66. The summed E-state index contributed by atoms with van der Waals surface area (Å²) in [5.74, 6) is 6.21. The fourth-order valence-corrected chi connectivity index (χ4v) is 2.76. The summed E-state index contributed by atoms with van der Waals surface area (Å²) in [5, 5.41) is 1.35. The van der Waals surface area contributed by atoms with E-state index in [1.807, 2.05) is 42.5 Å². The Bertz CT molecular complexity index is 751. The van der Waals surface area contributed by atoms with E-state index in [2.05, 4.69) is 16.5 Å². The Morgan fingerprint density at radius 1 is 1.05 bits per heavy atom. The zero-order chi connectivity index (χ0) is 14.8. The van der Waals surface area contributed by atoms with Crippen LogP contribution < -0.4 is 11.3 Å². The van der Waals surface area contributed by atoms with Crippen LogP contribution in [0.2, 0.25) is 10.0 Å². The summed E-state index contributed by atoms with van der Waals surface area (Å²) >= 11 is 12.5. The normalized spacial score (nSPS) is 13.9. The molecule has 0 radical (unpaired) electrons. The number of hydrazine groups is 1. The van der Waals surface area contributed by atoms with Crippen molar-refractivity contribution in [3.8, 4) is 0 Å². The van der Waals surface area contributed by atoms with E-state index in [0.717, 1.165) is 22.4 Å². The van der Waals surface area contributed by atoms with Crippen LogP contribution >= 0.6 is 23.2 Å². The second kappa shape index (κ2) is 5.90. The van der Waals surface area contributed by atoms with Crippen molar-refractivity contribution < 1.29 is 0 Å². The van der Waals surface area contributed by atoms with E-state index in [4.69, 9.17) is 29.0 Å². The molecule has 3 N–H and O–H groups in total. The molecule has 0 bridgehead atoms. The Labute approximate surface area is 133 Å². The van der Waals surface area contributed by atoms with Gasteiger partial charge in [0.05, 0.1) is 5.69 Å². The number of halogens is 2. The van der Waals surface area contributed by atoms with E-state index in [0.29, 0.717) is 22.3 Å². The van der Waals surface area contributed by atoms with Crippen LogP contribution in [0.5, 0.6) is 0 Å². The molecule has 0 unspecified atom stereocenters. The Balaban J connectivity index is 2.22. The second-order valence-electron chi connectivity index (χ2n) is 4.67. The maximum atomic E-state index is 6.34. The first-order chi connectivity index (χ1) is 10.2. The maximum Gasteiger partial charge on any atom is 0.120 e. The highest BCUT2D eigenvalue weighted by Crippen LogP contribution is 2.38. The molecule has 3 rings (SSSR count). The van der Waals surface area contributed by atoms with E-state index < -0.39 is 0 Å². The lowest BCUT2D eigenvalue weighted by Crippen LogP contribution is -2.29. The minimum Gasteiger partial charge on any atom is -0.312 e. The van der Waals surface area contributed by atoms with Gasteiger partial charge in [0.2, 0.25) is 0 Å². The van der Waals surface area contributed by atoms with E-state index in [9.17, 15) is 0 Å². The molecule has 1 aliphatic heterocycles. The van der Waals surface area contributed by atoms with Crippen LogP contribution in [0.3, 0.4) is 0 Å². The van der Waals surface area contributed by atoms with Crippen molar-refractivity contribution in [2.24, 2.45) is 10.8 Å². The van der Waals surface area contributed by atoms with Crippen molar-refractivity contribution in [2.45, 2.75) is 6.42 Å². The molecule has 106 valence electrons. The standard InChI is InChI=1S/C16H13Cl2N3/c17-10-5-7-15-13(9-10)11(6-8-16(20-15)21-19)12-3-1-2-4-14(12)18/h1-7,9H,8,19H2,(H,20,21). The zero-order valence-electron chi connectivity index (χ0n) is 11.1. The van der Waals surface area contributed by atoms with Gasteiger partial charge in [0.1, 0.15) is 5.84 Å². The van der Waals surface area contributed by atoms with E-state index >= 15 is 0 Å². The van der Waals surface area contributed by atoms with Crippen molar-refractivity contribution in [1.82, 2.24) is 5.43 Å². The van der Waals surface area contributed by atoms with Crippen molar-refractivity contribution in [2.75, 3.05) is 0 Å². The first-order valence-corrected chi connectivity index (χ1v) is 7.24. The summed E-state index contributed by atoms with van der Waals surface area (Å²) in [6, 6.07) is 13.3. The molecule has 2 aromatic rings. The molecule has 1 aliphatic rings. The van der Waals surface area contributed by atoms with Gasteiger partial charge in [-0.2, -0.15) is 0 Å². The molecule has 0 aliphatic carbocycles. The number of nitrogens with zero attached hydrogens (tertiary/aromatic N) is 1. The van der Waals surface area contributed by atoms with Gasteiger partial charge in [0.15, 0.2) is 0 Å². The summed E-state index contributed by atoms with van der Waals surface area (Å²) in [4.78, 5) is 4.53. The molecule has 0 fully saturated rings. The van der Waals surface area contributed by atoms with E-state index in [1.165, 1.54) is 0 Å². The molecule has 1 heterocycles. The second-order valence-corrected chi connectivity index (χ2v) is 5.51. The largest absolute Gasteiger partial charge is 0.312 e. The number of nitrogens with two attached hydrogens (primary N) is 1. The van der Waals surface area contributed by atoms with Crippen molar-refractivity contribution in [3.63, 3.8) is 0 Å². The fraction of sp³-hybridized carbons (Fsp3) is 0.0625. The minimum absolute atomic E-state index is 0.601. The third-order valence-electron chi connectivity index (χ3n) is 3.33. The summed E-state index contributed by atoms with van der Waals surface area (Å²) < 4.78 is 0. The molecular weight excluding hydrogens is 305 g/mol. The predicted octanol–water partition coefficient (Wildman–Crippen LogP) is 4.32. The molecule has 0 saturated heterocycles. The van der Waals surface area contributed by atoms with Crippen molar-refractivity contribution in [3.05, 3.63) is 69.7 Å². The Kier molecular flexibility index (Phi) is 3.97. The van der Waals surface area contributed by atoms with Gasteiger partial charge in [-0.1, -0.05) is 47.5 Å². The predicted molar refractivity (Wildman–Crippen MR) is 89.0 cm³/mol. The topological polar surface area (TPSA) is 50.4 Å². The van der Waals surface area contributed by atoms with Crippen LogP contribution in [-0.4, -0.2) is 5.84 Å². The number of nitrogens with one attached hydrogen (secondary N) is 1. The van der Waals surface area contributed by atoms with Gasteiger partial charge in [-0.3, -0.25) is 0 Å². The molecule has 0 amide bonds. The zero-order valence-corrected chi connectivity index (χ0v) is 12.6. The van der Waals surface area contributed by atoms with Gasteiger partial charge in [0, 0.05) is 27.6 Å². The third kappa shape index (κ3) is 2.81. The highest BCUT2D eigenvalue weighted by Gasteiger charge is 2.16. The monoisotopic (exact) mass is 317 g/mol. The number of fused-ring (bicyclic) bond motifs is 1. The third-order valence-corrected chi connectivity index (χ3v) is 3.90. The molecular formula is C16H13Cl2N3. The molecule has 0 spiro atoms. The van der Waals surface area contributed by atoms with Gasteiger partial charge < -0.3 is 5.43 Å². The molecule has 21 heavy (non-hydrogen) atoms. The SMILES string of the molecule is NNC1=Nc2ccc(Cl)cc2C(c2ccccc2Cl)=CC1. The molecule has 2 aromatic carbocycles. The van der Waals surface area contributed by atoms with Gasteiger partial charge in [0.25, 0.3) is 0 Å². The lowest BCUT2D eigenvalue weighted by Gasteiger charge is -2.11. The molecule has 0 atom stereocenters. The summed E-state index contributed by atoms with van der Waals surface area (Å²) in [7, 11) is 0. The molecule has 5 heteroatoms. The molecule has 3 nitrogen and oxygen atoms in total. The summed E-state index contributed by atoms with van der Waals surface area (Å²) in [5.41, 5.74) is 6.35. The fourth-order valence-electron chi connectivity index (χ4n) is 2.35. The number of benzene rings is 2.